The SMILES string of the molecule is CCc1ccc(C2=C(NC)C(=O)N[C@@](c3ccc(OCCCCCC(F)(F)F)cc3)(C(F)(F)F)C2)s1. The molecule has 0 saturated heterocycles. The summed E-state index contributed by atoms with van der Waals surface area (Å²) < 4.78 is 85.8. The van der Waals surface area contributed by atoms with Crippen LogP contribution in [0.15, 0.2) is 42.1 Å². The number of rotatable bonds is 10. The summed E-state index contributed by atoms with van der Waals surface area (Å²) in [7, 11) is 1.50. The molecule has 0 spiro atoms. The fourth-order valence-electron chi connectivity index (χ4n) is 4.13. The predicted octanol–water partition coefficient (Wildman–Crippen LogP) is 6.72. The molecule has 0 radical (unpaired) electrons. The van der Waals surface area contributed by atoms with Crippen LogP contribution in [-0.2, 0) is 16.8 Å². The van der Waals surface area contributed by atoms with Crippen molar-refractivity contribution in [1.82, 2.24) is 10.6 Å². The Morgan fingerprint density at radius 2 is 1.72 bits per heavy atom. The molecule has 1 aliphatic heterocycles. The fourth-order valence-corrected chi connectivity index (χ4v) is 5.13. The molecule has 1 aromatic heterocycles. The van der Waals surface area contributed by atoms with Gasteiger partial charge in [0.25, 0.3) is 5.91 Å². The molecule has 2 aromatic rings. The van der Waals surface area contributed by atoms with Crippen molar-refractivity contribution in [1.29, 1.82) is 0 Å². The lowest BCUT2D eigenvalue weighted by Gasteiger charge is -2.41. The van der Waals surface area contributed by atoms with Gasteiger partial charge in [-0.3, -0.25) is 4.79 Å². The first-order valence-electron chi connectivity index (χ1n) is 11.6. The van der Waals surface area contributed by atoms with Gasteiger partial charge in [0.1, 0.15) is 11.4 Å². The minimum atomic E-state index is -4.79. The molecule has 0 aliphatic carbocycles. The minimum Gasteiger partial charge on any atom is -0.494 e. The maximum absolute atomic E-state index is 14.6. The zero-order chi connectivity index (χ0) is 26.6. The van der Waals surface area contributed by atoms with Crippen molar-refractivity contribution in [2.24, 2.45) is 0 Å². The number of hydrogen-bond acceptors (Lipinski definition) is 4. The van der Waals surface area contributed by atoms with Gasteiger partial charge in [-0.2, -0.15) is 26.3 Å². The van der Waals surface area contributed by atoms with Crippen molar-refractivity contribution < 1.29 is 35.9 Å². The van der Waals surface area contributed by atoms with Crippen LogP contribution < -0.4 is 15.4 Å². The van der Waals surface area contributed by atoms with E-state index in [-0.39, 0.29) is 24.3 Å². The number of amides is 1. The second-order valence-electron chi connectivity index (χ2n) is 8.56. The summed E-state index contributed by atoms with van der Waals surface area (Å²) in [4.78, 5) is 14.5. The summed E-state index contributed by atoms with van der Waals surface area (Å²) in [6, 6.07) is 8.87. The molecular weight excluding hydrogens is 506 g/mol. The zero-order valence-electron chi connectivity index (χ0n) is 19.9. The first kappa shape index (κ1) is 27.9. The number of nitrogens with one attached hydrogen (secondary N) is 2. The van der Waals surface area contributed by atoms with Crippen LogP contribution in [0.2, 0.25) is 0 Å². The van der Waals surface area contributed by atoms with E-state index in [0.717, 1.165) is 11.3 Å². The molecule has 198 valence electrons. The van der Waals surface area contributed by atoms with E-state index < -0.39 is 36.6 Å². The normalized spacial score (nSPS) is 18.8. The third kappa shape index (κ3) is 6.35. The van der Waals surface area contributed by atoms with Gasteiger partial charge < -0.3 is 15.4 Å². The van der Waals surface area contributed by atoms with E-state index in [1.807, 2.05) is 13.0 Å². The van der Waals surface area contributed by atoms with Gasteiger partial charge in [0.05, 0.1) is 6.61 Å². The molecule has 1 atom stereocenters. The number of benzene rings is 1. The zero-order valence-corrected chi connectivity index (χ0v) is 20.7. The number of likely N-dealkylation sites (N-methyl/N-ethyl adjacent to an activating group) is 1. The maximum atomic E-state index is 14.6. The number of alkyl halides is 6. The Bertz CT molecular complexity index is 1080. The van der Waals surface area contributed by atoms with E-state index in [9.17, 15) is 31.1 Å². The molecule has 0 fully saturated rings. The van der Waals surface area contributed by atoms with Gasteiger partial charge in [-0.1, -0.05) is 19.1 Å². The highest BCUT2D eigenvalue weighted by Crippen LogP contribution is 2.49. The maximum Gasteiger partial charge on any atom is 0.416 e. The van der Waals surface area contributed by atoms with Crippen molar-refractivity contribution in [3.8, 4) is 5.75 Å². The van der Waals surface area contributed by atoms with E-state index in [1.54, 1.807) is 6.07 Å². The summed E-state index contributed by atoms with van der Waals surface area (Å²) in [5, 5.41) is 4.94. The topological polar surface area (TPSA) is 50.4 Å². The molecule has 11 heteroatoms. The van der Waals surface area contributed by atoms with E-state index in [2.05, 4.69) is 10.6 Å². The van der Waals surface area contributed by atoms with Crippen LogP contribution in [0.1, 0.15) is 54.3 Å². The summed E-state index contributed by atoms with van der Waals surface area (Å²) >= 11 is 1.36. The fraction of sp³-hybridized carbons (Fsp3) is 0.480. The van der Waals surface area contributed by atoms with Crippen LogP contribution in [0, 0.1) is 0 Å². The Hall–Kier alpha value is -2.69. The highest BCUT2D eigenvalue weighted by molar-refractivity contribution is 7.13. The number of carbonyl (C=O) groups is 1. The van der Waals surface area contributed by atoms with Gasteiger partial charge in [0.2, 0.25) is 0 Å². The molecule has 1 amide bonds. The van der Waals surface area contributed by atoms with Gasteiger partial charge >= 0.3 is 12.4 Å². The molecule has 0 unspecified atom stereocenters. The quantitative estimate of drug-likeness (QED) is 0.263. The Labute approximate surface area is 209 Å². The van der Waals surface area contributed by atoms with Gasteiger partial charge in [0.15, 0.2) is 5.54 Å². The monoisotopic (exact) mass is 534 g/mol. The van der Waals surface area contributed by atoms with Crippen molar-refractivity contribution in [3.05, 3.63) is 57.4 Å². The van der Waals surface area contributed by atoms with Crippen molar-refractivity contribution in [2.75, 3.05) is 13.7 Å². The Kier molecular flexibility index (Phi) is 8.63. The van der Waals surface area contributed by atoms with Crippen LogP contribution in [0.25, 0.3) is 5.57 Å². The van der Waals surface area contributed by atoms with Gasteiger partial charge in [0, 0.05) is 35.2 Å². The Morgan fingerprint density at radius 3 is 2.28 bits per heavy atom. The van der Waals surface area contributed by atoms with E-state index >= 15 is 0 Å². The van der Waals surface area contributed by atoms with Gasteiger partial charge in [-0.05, 0) is 55.5 Å². The molecule has 0 bridgehead atoms. The molecule has 3 rings (SSSR count). The molecule has 4 nitrogen and oxygen atoms in total. The van der Waals surface area contributed by atoms with E-state index in [4.69, 9.17) is 4.74 Å². The van der Waals surface area contributed by atoms with E-state index in [0.29, 0.717) is 29.0 Å². The third-order valence-electron chi connectivity index (χ3n) is 6.06. The van der Waals surface area contributed by atoms with Crippen LogP contribution in [0.4, 0.5) is 26.3 Å². The number of carbonyl (C=O) groups excluding carboxylic acids is 1. The molecular formula is C25H28F6N2O2S. The highest BCUT2D eigenvalue weighted by atomic mass is 32.1. The predicted molar refractivity (Wildman–Crippen MR) is 127 cm³/mol. The number of aryl methyl sites for hydroxylation is 1. The van der Waals surface area contributed by atoms with Crippen LogP contribution in [0.3, 0.4) is 0 Å². The lowest BCUT2D eigenvalue weighted by molar-refractivity contribution is -0.201. The van der Waals surface area contributed by atoms with Crippen LogP contribution in [0.5, 0.6) is 5.75 Å². The molecule has 2 N–H and O–H groups in total. The summed E-state index contributed by atoms with van der Waals surface area (Å²) in [6.45, 7) is 2.09. The minimum absolute atomic E-state index is 0.00591. The lowest BCUT2D eigenvalue weighted by atomic mass is 9.79. The highest BCUT2D eigenvalue weighted by Gasteiger charge is 2.59. The second kappa shape index (κ2) is 11.1. The average molecular weight is 535 g/mol. The first-order valence-corrected chi connectivity index (χ1v) is 12.4. The van der Waals surface area contributed by atoms with Crippen LogP contribution >= 0.6 is 11.3 Å². The number of halogens is 6. The van der Waals surface area contributed by atoms with Crippen molar-refractivity contribution in [3.63, 3.8) is 0 Å². The largest absolute Gasteiger partial charge is 0.494 e. The Balaban J connectivity index is 1.80. The summed E-state index contributed by atoms with van der Waals surface area (Å²) in [6.07, 6.45) is -8.88. The van der Waals surface area contributed by atoms with Crippen LogP contribution in [-0.4, -0.2) is 31.9 Å². The Morgan fingerprint density at radius 1 is 1.03 bits per heavy atom. The second-order valence-corrected chi connectivity index (χ2v) is 9.72. The molecule has 36 heavy (non-hydrogen) atoms. The molecule has 1 aromatic carbocycles. The molecule has 2 heterocycles. The first-order chi connectivity index (χ1) is 16.9. The van der Waals surface area contributed by atoms with Crippen molar-refractivity contribution >= 4 is 22.8 Å². The number of thiophene rings is 1. The smallest absolute Gasteiger partial charge is 0.416 e. The average Bonchev–Trinajstić information content (AvgIpc) is 3.29. The standard InChI is InChI=1S/C25H28F6N2O2S/c1-3-18-11-12-20(36-18)19-15-23(25(29,30)31,33-22(34)21(19)32-2)16-7-9-17(10-8-16)35-14-6-4-5-13-24(26,27)28/h7-12,32H,3-6,13-15H2,1-2H3,(H,33,34)/t23-/m0/s1. The summed E-state index contributed by atoms with van der Waals surface area (Å²) in [5.74, 6) is -0.548. The van der Waals surface area contributed by atoms with Gasteiger partial charge in [-0.15, -0.1) is 11.3 Å². The van der Waals surface area contributed by atoms with Gasteiger partial charge in [-0.25, -0.2) is 0 Å². The number of ether oxygens (including phenoxy) is 1. The number of hydrogen-bond donors (Lipinski definition) is 2. The number of unbranched alkanes of at least 4 members (excludes halogenated alkanes) is 2. The van der Waals surface area contributed by atoms with Crippen molar-refractivity contribution in [2.45, 2.75) is 63.3 Å². The third-order valence-corrected chi connectivity index (χ3v) is 7.35. The summed E-state index contributed by atoms with van der Waals surface area (Å²) in [5.41, 5.74) is -2.38. The molecule has 0 saturated carbocycles. The van der Waals surface area contributed by atoms with E-state index in [1.165, 1.54) is 42.6 Å². The lowest BCUT2D eigenvalue weighted by Crippen LogP contribution is -2.59. The molecule has 1 aliphatic rings.